The van der Waals surface area contributed by atoms with Gasteiger partial charge in [-0.25, -0.2) is 9.18 Å². The van der Waals surface area contributed by atoms with E-state index in [1.54, 1.807) is 12.1 Å². The van der Waals surface area contributed by atoms with Gasteiger partial charge in [-0.05, 0) is 43.9 Å². The lowest BCUT2D eigenvalue weighted by molar-refractivity contribution is -0.141. The van der Waals surface area contributed by atoms with Gasteiger partial charge in [0.25, 0.3) is 5.91 Å². The van der Waals surface area contributed by atoms with E-state index >= 15 is 0 Å². The Morgan fingerprint density at radius 2 is 1.86 bits per heavy atom. The molecule has 0 bridgehead atoms. The van der Waals surface area contributed by atoms with Crippen molar-refractivity contribution in [2.75, 3.05) is 24.5 Å². The van der Waals surface area contributed by atoms with Crippen molar-refractivity contribution in [3.05, 3.63) is 29.6 Å². The summed E-state index contributed by atoms with van der Waals surface area (Å²) in [6.45, 7) is 2.07. The van der Waals surface area contributed by atoms with Gasteiger partial charge in [-0.2, -0.15) is 0 Å². The second kappa shape index (κ2) is 5.94. The van der Waals surface area contributed by atoms with E-state index < -0.39 is 23.7 Å². The molecule has 5 nitrogen and oxygen atoms in total. The Balaban J connectivity index is 1.81. The fourth-order valence-corrected chi connectivity index (χ4v) is 3.29. The zero-order chi connectivity index (χ0) is 15.7. The highest BCUT2D eigenvalue weighted by Gasteiger charge is 2.34. The molecule has 1 aromatic rings. The molecule has 0 aliphatic carbocycles. The highest BCUT2D eigenvalue weighted by atomic mass is 19.1. The third-order valence-electron chi connectivity index (χ3n) is 4.44. The van der Waals surface area contributed by atoms with Crippen LogP contribution in [0.5, 0.6) is 0 Å². The molecule has 22 heavy (non-hydrogen) atoms. The van der Waals surface area contributed by atoms with Gasteiger partial charge in [-0.15, -0.1) is 0 Å². The molecule has 2 fully saturated rings. The van der Waals surface area contributed by atoms with E-state index in [2.05, 4.69) is 0 Å². The van der Waals surface area contributed by atoms with Gasteiger partial charge in [-0.3, -0.25) is 4.79 Å². The van der Waals surface area contributed by atoms with Crippen molar-refractivity contribution >= 4 is 17.6 Å². The molecule has 0 spiro atoms. The second-order valence-corrected chi connectivity index (χ2v) is 5.86. The predicted molar refractivity (Wildman–Crippen MR) is 79.5 cm³/mol. The van der Waals surface area contributed by atoms with E-state index in [0.29, 0.717) is 25.1 Å². The van der Waals surface area contributed by atoms with Crippen molar-refractivity contribution in [2.24, 2.45) is 0 Å². The van der Waals surface area contributed by atoms with Gasteiger partial charge in [-0.1, -0.05) is 0 Å². The van der Waals surface area contributed by atoms with Crippen LogP contribution in [-0.2, 0) is 4.79 Å². The maximum Gasteiger partial charge on any atom is 0.326 e. The minimum Gasteiger partial charge on any atom is -0.480 e. The number of hydrogen-bond acceptors (Lipinski definition) is 3. The molecular formula is C16H19FN2O3. The van der Waals surface area contributed by atoms with Crippen molar-refractivity contribution in [3.8, 4) is 0 Å². The molecule has 1 atom stereocenters. The van der Waals surface area contributed by atoms with Gasteiger partial charge < -0.3 is 14.9 Å². The minimum atomic E-state index is -1.000. The standard InChI is InChI=1S/C16H19FN2O3/c17-12-10-11(5-6-13(12)18-7-1-2-8-18)15(20)19-9-3-4-14(19)16(21)22/h5-6,10,14H,1-4,7-9H2,(H,21,22)/t14-/m0/s1. The summed E-state index contributed by atoms with van der Waals surface area (Å²) in [6.07, 6.45) is 3.22. The Morgan fingerprint density at radius 1 is 1.14 bits per heavy atom. The molecule has 0 aromatic heterocycles. The molecular weight excluding hydrogens is 287 g/mol. The average Bonchev–Trinajstić information content (AvgIpc) is 3.17. The lowest BCUT2D eigenvalue weighted by Gasteiger charge is -2.22. The van der Waals surface area contributed by atoms with Crippen molar-refractivity contribution in [2.45, 2.75) is 31.7 Å². The number of carboxylic acids is 1. The zero-order valence-corrected chi connectivity index (χ0v) is 12.3. The number of aliphatic carboxylic acids is 1. The summed E-state index contributed by atoms with van der Waals surface area (Å²) in [5, 5.41) is 9.15. The first-order valence-electron chi connectivity index (χ1n) is 7.66. The van der Waals surface area contributed by atoms with Gasteiger partial charge in [0.1, 0.15) is 11.9 Å². The molecule has 1 amide bonds. The second-order valence-electron chi connectivity index (χ2n) is 5.86. The average molecular weight is 306 g/mol. The fraction of sp³-hybridized carbons (Fsp3) is 0.500. The molecule has 2 aliphatic rings. The molecule has 6 heteroatoms. The topological polar surface area (TPSA) is 60.9 Å². The van der Waals surface area contributed by atoms with Crippen molar-refractivity contribution in [3.63, 3.8) is 0 Å². The van der Waals surface area contributed by atoms with Crippen LogP contribution in [-0.4, -0.2) is 47.6 Å². The number of carbonyl (C=O) groups excluding carboxylic acids is 1. The number of halogens is 1. The number of rotatable bonds is 3. The quantitative estimate of drug-likeness (QED) is 0.929. The van der Waals surface area contributed by atoms with E-state index in [9.17, 15) is 14.0 Å². The first-order chi connectivity index (χ1) is 10.6. The predicted octanol–water partition coefficient (Wildman–Crippen LogP) is 2.12. The summed E-state index contributed by atoms with van der Waals surface area (Å²) in [5.41, 5.74) is 0.735. The van der Waals surface area contributed by atoms with Crippen molar-refractivity contribution in [1.29, 1.82) is 0 Å². The third kappa shape index (κ3) is 2.65. The lowest BCUT2D eigenvalue weighted by Crippen LogP contribution is -2.40. The van der Waals surface area contributed by atoms with E-state index in [0.717, 1.165) is 25.9 Å². The zero-order valence-electron chi connectivity index (χ0n) is 12.3. The number of anilines is 1. The summed E-state index contributed by atoms with van der Waals surface area (Å²) < 4.78 is 14.3. The van der Waals surface area contributed by atoms with Crippen LogP contribution in [0.4, 0.5) is 10.1 Å². The largest absolute Gasteiger partial charge is 0.480 e. The summed E-state index contributed by atoms with van der Waals surface area (Å²) in [7, 11) is 0. The van der Waals surface area contributed by atoms with Crippen molar-refractivity contribution < 1.29 is 19.1 Å². The molecule has 2 heterocycles. The normalized spacial score (nSPS) is 21.4. The van der Waals surface area contributed by atoms with Crippen molar-refractivity contribution in [1.82, 2.24) is 4.90 Å². The fourth-order valence-electron chi connectivity index (χ4n) is 3.29. The smallest absolute Gasteiger partial charge is 0.326 e. The summed E-state index contributed by atoms with van der Waals surface area (Å²) in [5.74, 6) is -1.82. The number of hydrogen-bond donors (Lipinski definition) is 1. The van der Waals surface area contributed by atoms with Crippen LogP contribution in [0.15, 0.2) is 18.2 Å². The first-order valence-corrected chi connectivity index (χ1v) is 7.66. The molecule has 118 valence electrons. The highest BCUT2D eigenvalue weighted by Crippen LogP contribution is 2.26. The Morgan fingerprint density at radius 3 is 2.50 bits per heavy atom. The minimum absolute atomic E-state index is 0.216. The number of likely N-dealkylation sites (tertiary alicyclic amines) is 1. The number of carboxylic acid groups (broad SMARTS) is 1. The molecule has 0 unspecified atom stereocenters. The molecule has 3 rings (SSSR count). The molecule has 2 aliphatic heterocycles. The van der Waals surface area contributed by atoms with Crippen LogP contribution >= 0.6 is 0 Å². The Hall–Kier alpha value is -2.11. The van der Waals surface area contributed by atoms with Gasteiger partial charge in [0.05, 0.1) is 5.69 Å². The Kier molecular flexibility index (Phi) is 4.00. The third-order valence-corrected chi connectivity index (χ3v) is 4.44. The van der Waals surface area contributed by atoms with Crippen LogP contribution < -0.4 is 4.90 Å². The highest BCUT2D eigenvalue weighted by molar-refractivity contribution is 5.97. The van der Waals surface area contributed by atoms with Gasteiger partial charge >= 0.3 is 5.97 Å². The number of nitrogens with zero attached hydrogens (tertiary/aromatic N) is 2. The van der Waals surface area contributed by atoms with E-state index in [4.69, 9.17) is 5.11 Å². The van der Waals surface area contributed by atoms with Crippen LogP contribution in [0, 0.1) is 5.82 Å². The van der Waals surface area contributed by atoms with Gasteiger partial charge in [0.15, 0.2) is 0 Å². The first kappa shape index (κ1) is 14.8. The summed E-state index contributed by atoms with van der Waals surface area (Å²) in [6, 6.07) is 3.65. The van der Waals surface area contributed by atoms with E-state index in [-0.39, 0.29) is 5.56 Å². The maximum absolute atomic E-state index is 14.3. The lowest BCUT2D eigenvalue weighted by atomic mass is 10.1. The number of carbonyl (C=O) groups is 2. The van der Waals surface area contributed by atoms with Crippen LogP contribution in [0.2, 0.25) is 0 Å². The summed E-state index contributed by atoms with van der Waals surface area (Å²) >= 11 is 0. The molecule has 0 radical (unpaired) electrons. The van der Waals surface area contributed by atoms with E-state index in [1.165, 1.54) is 11.0 Å². The number of benzene rings is 1. The van der Waals surface area contributed by atoms with Crippen LogP contribution in [0.25, 0.3) is 0 Å². The van der Waals surface area contributed by atoms with Gasteiger partial charge in [0, 0.05) is 25.2 Å². The molecule has 1 aromatic carbocycles. The molecule has 1 N–H and O–H groups in total. The monoisotopic (exact) mass is 306 g/mol. The SMILES string of the molecule is O=C(O)[C@@H]1CCCN1C(=O)c1ccc(N2CCCC2)c(F)c1. The maximum atomic E-state index is 14.3. The summed E-state index contributed by atoms with van der Waals surface area (Å²) in [4.78, 5) is 26.9. The van der Waals surface area contributed by atoms with E-state index in [1.807, 2.05) is 4.90 Å². The van der Waals surface area contributed by atoms with Gasteiger partial charge in [0.2, 0.25) is 0 Å². The molecule has 2 saturated heterocycles. The molecule has 0 saturated carbocycles. The van der Waals surface area contributed by atoms with Crippen LogP contribution in [0.3, 0.4) is 0 Å². The van der Waals surface area contributed by atoms with Crippen LogP contribution in [0.1, 0.15) is 36.0 Å². The Labute approximate surface area is 128 Å². The Bertz CT molecular complexity index is 599. The number of amides is 1.